The van der Waals surface area contributed by atoms with Crippen LogP contribution in [0.2, 0.25) is 5.02 Å². The van der Waals surface area contributed by atoms with Gasteiger partial charge in [0.1, 0.15) is 0 Å². The number of amides is 2. The Kier molecular flexibility index (Phi) is 8.30. The molecular weight excluding hydrogens is 362 g/mol. The topological polar surface area (TPSA) is 61.4 Å². The summed E-state index contributed by atoms with van der Waals surface area (Å²) in [6.07, 6.45) is 1.04. The first kappa shape index (κ1) is 20.9. The molecule has 1 unspecified atom stereocenters. The summed E-state index contributed by atoms with van der Waals surface area (Å²) >= 11 is 6.12. The first-order chi connectivity index (χ1) is 13.0. The molecule has 27 heavy (non-hydrogen) atoms. The molecule has 0 fully saturated rings. The lowest BCUT2D eigenvalue weighted by Gasteiger charge is -2.19. The number of carbonyl (C=O) groups excluding carboxylic acids is 2. The number of rotatable bonds is 9. The van der Waals surface area contributed by atoms with Gasteiger partial charge in [-0.25, -0.2) is 0 Å². The van der Waals surface area contributed by atoms with Crippen molar-refractivity contribution in [3.8, 4) is 0 Å². The molecule has 2 amide bonds. The Labute approximate surface area is 165 Å². The smallest absolute Gasteiger partial charge is 0.253 e. The Hall–Kier alpha value is -2.37. The molecule has 0 aliphatic rings. The van der Waals surface area contributed by atoms with Crippen molar-refractivity contribution in [3.63, 3.8) is 0 Å². The van der Waals surface area contributed by atoms with Crippen LogP contribution in [0.5, 0.6) is 0 Å². The summed E-state index contributed by atoms with van der Waals surface area (Å²) in [5, 5.41) is 6.24. The molecule has 2 aromatic carbocycles. The predicted octanol–water partition coefficient (Wildman–Crippen LogP) is 3.27. The first-order valence-electron chi connectivity index (χ1n) is 8.99. The van der Waals surface area contributed by atoms with Gasteiger partial charge in [-0.15, -0.1) is 0 Å². The highest BCUT2D eigenvalue weighted by Crippen LogP contribution is 2.20. The van der Waals surface area contributed by atoms with Gasteiger partial charge in [0, 0.05) is 6.54 Å². The SMILES string of the molecule is CN(C)CCCNC(=O)CC(NC(=O)c1ccccc1Cl)c1ccccc1. The third kappa shape index (κ3) is 7.04. The minimum Gasteiger partial charge on any atom is -0.356 e. The Morgan fingerprint density at radius 3 is 2.37 bits per heavy atom. The molecule has 0 spiro atoms. The number of hydrogen-bond donors (Lipinski definition) is 2. The van der Waals surface area contributed by atoms with Gasteiger partial charge in [-0.3, -0.25) is 9.59 Å². The van der Waals surface area contributed by atoms with E-state index in [1.807, 2.05) is 44.4 Å². The zero-order valence-corrected chi connectivity index (χ0v) is 16.5. The molecule has 0 bridgehead atoms. The van der Waals surface area contributed by atoms with Crippen molar-refractivity contribution >= 4 is 23.4 Å². The maximum absolute atomic E-state index is 12.6. The second-order valence-corrected chi connectivity index (χ2v) is 7.03. The van der Waals surface area contributed by atoms with E-state index in [1.54, 1.807) is 24.3 Å². The van der Waals surface area contributed by atoms with Crippen molar-refractivity contribution < 1.29 is 9.59 Å². The monoisotopic (exact) mass is 387 g/mol. The van der Waals surface area contributed by atoms with Crippen LogP contribution < -0.4 is 10.6 Å². The maximum Gasteiger partial charge on any atom is 0.253 e. The fourth-order valence-electron chi connectivity index (χ4n) is 2.70. The van der Waals surface area contributed by atoms with Gasteiger partial charge < -0.3 is 15.5 Å². The lowest BCUT2D eigenvalue weighted by molar-refractivity contribution is -0.121. The van der Waals surface area contributed by atoms with E-state index in [-0.39, 0.29) is 18.2 Å². The van der Waals surface area contributed by atoms with Crippen molar-refractivity contribution in [1.82, 2.24) is 15.5 Å². The van der Waals surface area contributed by atoms with E-state index in [0.29, 0.717) is 17.1 Å². The van der Waals surface area contributed by atoms with Crippen LogP contribution in [-0.2, 0) is 4.79 Å². The third-order valence-corrected chi connectivity index (χ3v) is 4.45. The standard InChI is InChI=1S/C21H26ClN3O2/c1-25(2)14-8-13-23-20(26)15-19(16-9-4-3-5-10-16)24-21(27)17-11-6-7-12-18(17)22/h3-7,9-12,19H,8,13-15H2,1-2H3,(H,23,26)(H,24,27). The van der Waals surface area contributed by atoms with Crippen LogP contribution in [-0.4, -0.2) is 43.9 Å². The largest absolute Gasteiger partial charge is 0.356 e. The van der Waals surface area contributed by atoms with Gasteiger partial charge in [0.2, 0.25) is 5.91 Å². The Morgan fingerprint density at radius 1 is 1.04 bits per heavy atom. The minimum absolute atomic E-state index is 0.0953. The van der Waals surface area contributed by atoms with Crippen LogP contribution in [0, 0.1) is 0 Å². The number of benzene rings is 2. The molecule has 2 aromatic rings. The molecule has 0 saturated carbocycles. The highest BCUT2D eigenvalue weighted by Gasteiger charge is 2.20. The third-order valence-electron chi connectivity index (χ3n) is 4.12. The molecule has 1 atom stereocenters. The molecule has 0 heterocycles. The molecule has 0 radical (unpaired) electrons. The van der Waals surface area contributed by atoms with E-state index in [4.69, 9.17) is 11.6 Å². The lowest BCUT2D eigenvalue weighted by Crippen LogP contribution is -2.34. The van der Waals surface area contributed by atoms with Gasteiger partial charge in [0.25, 0.3) is 5.91 Å². The molecule has 0 aliphatic heterocycles. The van der Waals surface area contributed by atoms with Crippen LogP contribution >= 0.6 is 11.6 Å². The zero-order chi connectivity index (χ0) is 19.6. The van der Waals surface area contributed by atoms with Gasteiger partial charge in [-0.2, -0.15) is 0 Å². The fraction of sp³-hybridized carbons (Fsp3) is 0.333. The van der Waals surface area contributed by atoms with Crippen LogP contribution in [0.15, 0.2) is 54.6 Å². The van der Waals surface area contributed by atoms with Gasteiger partial charge >= 0.3 is 0 Å². The number of nitrogens with one attached hydrogen (secondary N) is 2. The van der Waals surface area contributed by atoms with Crippen molar-refractivity contribution in [2.45, 2.75) is 18.9 Å². The molecule has 2 rings (SSSR count). The van der Waals surface area contributed by atoms with Crippen LogP contribution in [0.4, 0.5) is 0 Å². The second kappa shape index (κ2) is 10.7. The van der Waals surface area contributed by atoms with E-state index >= 15 is 0 Å². The molecule has 2 N–H and O–H groups in total. The van der Waals surface area contributed by atoms with E-state index in [1.165, 1.54) is 0 Å². The number of nitrogens with zero attached hydrogens (tertiary/aromatic N) is 1. The second-order valence-electron chi connectivity index (χ2n) is 6.63. The number of carbonyl (C=O) groups is 2. The summed E-state index contributed by atoms with van der Waals surface area (Å²) < 4.78 is 0. The van der Waals surface area contributed by atoms with Crippen LogP contribution in [0.25, 0.3) is 0 Å². The quantitative estimate of drug-likeness (QED) is 0.649. The number of hydrogen-bond acceptors (Lipinski definition) is 3. The van der Waals surface area contributed by atoms with Gasteiger partial charge in [0.15, 0.2) is 0 Å². The average Bonchev–Trinajstić information content (AvgIpc) is 2.65. The normalized spacial score (nSPS) is 11.9. The first-order valence-corrected chi connectivity index (χ1v) is 9.37. The molecule has 0 aliphatic carbocycles. The van der Waals surface area contributed by atoms with E-state index in [9.17, 15) is 9.59 Å². The van der Waals surface area contributed by atoms with Crippen molar-refractivity contribution in [2.24, 2.45) is 0 Å². The summed E-state index contributed by atoms with van der Waals surface area (Å²) in [7, 11) is 4.00. The summed E-state index contributed by atoms with van der Waals surface area (Å²) in [6.45, 7) is 1.52. The van der Waals surface area contributed by atoms with Gasteiger partial charge in [-0.05, 0) is 44.8 Å². The highest BCUT2D eigenvalue weighted by atomic mass is 35.5. The predicted molar refractivity (Wildman–Crippen MR) is 109 cm³/mol. The van der Waals surface area contributed by atoms with Crippen LogP contribution in [0.3, 0.4) is 0 Å². The molecule has 0 aromatic heterocycles. The van der Waals surface area contributed by atoms with E-state index < -0.39 is 6.04 Å². The fourth-order valence-corrected chi connectivity index (χ4v) is 2.92. The summed E-state index contributed by atoms with van der Waals surface area (Å²) in [5.41, 5.74) is 1.27. The van der Waals surface area contributed by atoms with Gasteiger partial charge in [-0.1, -0.05) is 54.1 Å². The number of halogens is 1. The maximum atomic E-state index is 12.6. The van der Waals surface area contributed by atoms with Crippen molar-refractivity contribution in [2.75, 3.05) is 27.2 Å². The average molecular weight is 388 g/mol. The van der Waals surface area contributed by atoms with E-state index in [2.05, 4.69) is 15.5 Å². The molecular formula is C21H26ClN3O2. The minimum atomic E-state index is -0.427. The Bertz CT molecular complexity index is 750. The Morgan fingerprint density at radius 2 is 1.70 bits per heavy atom. The molecule has 0 saturated heterocycles. The lowest BCUT2D eigenvalue weighted by atomic mass is 10.0. The summed E-state index contributed by atoms with van der Waals surface area (Å²) in [5.74, 6) is -0.392. The highest BCUT2D eigenvalue weighted by molar-refractivity contribution is 6.33. The van der Waals surface area contributed by atoms with Crippen molar-refractivity contribution in [3.05, 3.63) is 70.7 Å². The summed E-state index contributed by atoms with van der Waals surface area (Å²) in [4.78, 5) is 27.1. The van der Waals surface area contributed by atoms with Crippen LogP contribution in [0.1, 0.15) is 34.8 Å². The molecule has 6 heteroatoms. The summed E-state index contributed by atoms with van der Waals surface area (Å²) in [6, 6.07) is 15.9. The zero-order valence-electron chi connectivity index (χ0n) is 15.7. The van der Waals surface area contributed by atoms with E-state index in [0.717, 1.165) is 18.5 Å². The van der Waals surface area contributed by atoms with Gasteiger partial charge in [0.05, 0.1) is 23.0 Å². The molecule has 5 nitrogen and oxygen atoms in total. The molecule has 144 valence electrons. The Balaban J connectivity index is 2.03. The van der Waals surface area contributed by atoms with Crippen molar-refractivity contribution in [1.29, 1.82) is 0 Å².